The van der Waals surface area contributed by atoms with Crippen molar-refractivity contribution < 1.29 is 4.39 Å². The van der Waals surface area contributed by atoms with Gasteiger partial charge in [-0.1, -0.05) is 109 Å². The van der Waals surface area contributed by atoms with Crippen LogP contribution in [0.25, 0.3) is 22.7 Å². The van der Waals surface area contributed by atoms with E-state index >= 15 is 0 Å². The van der Waals surface area contributed by atoms with Gasteiger partial charge < -0.3 is 4.57 Å². The number of allylic oxidation sites excluding steroid dienone is 1. The number of fused-ring (bicyclic) bond motifs is 1. The topological polar surface area (TPSA) is 41.6 Å². The SMILES string of the molecule is N#CC(=Cc1ccc2ncn(C(c3ccccc3)(c3ccccc3)c3ccccc3)c2c1)c1ccc(F)cc1. The Morgan fingerprint density at radius 1 is 0.718 bits per heavy atom. The van der Waals surface area contributed by atoms with E-state index in [-0.39, 0.29) is 5.82 Å². The summed E-state index contributed by atoms with van der Waals surface area (Å²) >= 11 is 0. The second kappa shape index (κ2) is 10.2. The van der Waals surface area contributed by atoms with Gasteiger partial charge in [0.25, 0.3) is 0 Å². The number of hydrogen-bond acceptors (Lipinski definition) is 2. The Balaban J connectivity index is 1.63. The van der Waals surface area contributed by atoms with Gasteiger partial charge in [0.15, 0.2) is 0 Å². The Bertz CT molecular complexity index is 1700. The van der Waals surface area contributed by atoms with Crippen molar-refractivity contribution in [3.8, 4) is 6.07 Å². The first-order valence-corrected chi connectivity index (χ1v) is 12.7. The van der Waals surface area contributed by atoms with Crippen LogP contribution in [0.2, 0.25) is 0 Å². The van der Waals surface area contributed by atoms with Crippen molar-refractivity contribution >= 4 is 22.7 Å². The summed E-state index contributed by atoms with van der Waals surface area (Å²) in [6.45, 7) is 0. The molecule has 0 aliphatic heterocycles. The number of nitrogens with zero attached hydrogens (tertiary/aromatic N) is 3. The van der Waals surface area contributed by atoms with Crippen molar-refractivity contribution in [2.45, 2.75) is 5.54 Å². The maximum Gasteiger partial charge on any atom is 0.123 e. The van der Waals surface area contributed by atoms with Crippen LogP contribution in [-0.2, 0) is 5.54 Å². The van der Waals surface area contributed by atoms with Crippen LogP contribution in [0.1, 0.15) is 27.8 Å². The van der Waals surface area contributed by atoms with E-state index in [4.69, 9.17) is 4.98 Å². The van der Waals surface area contributed by atoms with Gasteiger partial charge in [0.05, 0.1) is 29.0 Å². The largest absolute Gasteiger partial charge is 0.312 e. The van der Waals surface area contributed by atoms with Crippen LogP contribution < -0.4 is 0 Å². The van der Waals surface area contributed by atoms with E-state index in [0.29, 0.717) is 11.1 Å². The smallest absolute Gasteiger partial charge is 0.123 e. The average molecular weight is 506 g/mol. The molecule has 0 unspecified atom stereocenters. The van der Waals surface area contributed by atoms with Crippen molar-refractivity contribution in [2.24, 2.45) is 0 Å². The lowest BCUT2D eigenvalue weighted by Crippen LogP contribution is -2.37. The molecule has 0 radical (unpaired) electrons. The molecule has 0 amide bonds. The molecule has 1 aromatic heterocycles. The zero-order chi connectivity index (χ0) is 26.7. The van der Waals surface area contributed by atoms with Gasteiger partial charge in [0, 0.05) is 0 Å². The molecule has 39 heavy (non-hydrogen) atoms. The summed E-state index contributed by atoms with van der Waals surface area (Å²) < 4.78 is 15.7. The molecule has 0 aliphatic rings. The molecule has 0 atom stereocenters. The number of halogens is 1. The Kier molecular flexibility index (Phi) is 6.32. The lowest BCUT2D eigenvalue weighted by molar-refractivity contribution is 0.529. The monoisotopic (exact) mass is 505 g/mol. The molecule has 4 heteroatoms. The zero-order valence-corrected chi connectivity index (χ0v) is 21.1. The number of hydrogen-bond donors (Lipinski definition) is 0. The van der Waals surface area contributed by atoms with Crippen LogP contribution >= 0.6 is 0 Å². The van der Waals surface area contributed by atoms with Gasteiger partial charge in [-0.25, -0.2) is 9.37 Å². The van der Waals surface area contributed by atoms with Gasteiger partial charge in [-0.3, -0.25) is 0 Å². The minimum Gasteiger partial charge on any atom is -0.312 e. The van der Waals surface area contributed by atoms with Gasteiger partial charge in [-0.2, -0.15) is 5.26 Å². The molecular weight excluding hydrogens is 481 g/mol. The van der Waals surface area contributed by atoms with Gasteiger partial charge in [-0.15, -0.1) is 0 Å². The number of imidazole rings is 1. The Labute approximate surface area is 226 Å². The van der Waals surface area contributed by atoms with Gasteiger partial charge in [-0.05, 0) is 58.2 Å². The zero-order valence-electron chi connectivity index (χ0n) is 21.1. The van der Waals surface area contributed by atoms with E-state index in [9.17, 15) is 9.65 Å². The summed E-state index contributed by atoms with van der Waals surface area (Å²) in [4.78, 5) is 4.80. The number of nitriles is 1. The second-order valence-corrected chi connectivity index (χ2v) is 9.35. The predicted octanol–water partition coefficient (Wildman–Crippen LogP) is 8.08. The minimum atomic E-state index is -0.699. The number of rotatable bonds is 6. The third-order valence-electron chi connectivity index (χ3n) is 7.09. The number of aromatic nitrogens is 2. The van der Waals surface area contributed by atoms with Gasteiger partial charge in [0.2, 0.25) is 0 Å². The first kappa shape index (κ1) is 24.1. The van der Waals surface area contributed by atoms with Crippen LogP contribution in [0.15, 0.2) is 140 Å². The van der Waals surface area contributed by atoms with Gasteiger partial charge in [0.1, 0.15) is 11.4 Å². The summed E-state index contributed by atoms with van der Waals surface area (Å²) in [5, 5.41) is 9.88. The van der Waals surface area contributed by atoms with E-state index in [0.717, 1.165) is 33.3 Å². The highest BCUT2D eigenvalue weighted by Gasteiger charge is 2.39. The third kappa shape index (κ3) is 4.31. The van der Waals surface area contributed by atoms with Crippen molar-refractivity contribution in [1.29, 1.82) is 5.26 Å². The average Bonchev–Trinajstić information content (AvgIpc) is 3.42. The molecule has 0 fully saturated rings. The maximum absolute atomic E-state index is 13.5. The molecule has 0 bridgehead atoms. The third-order valence-corrected chi connectivity index (χ3v) is 7.09. The molecule has 6 aromatic rings. The van der Waals surface area contributed by atoms with E-state index in [1.54, 1.807) is 12.1 Å². The first-order valence-electron chi connectivity index (χ1n) is 12.7. The lowest BCUT2D eigenvalue weighted by atomic mass is 9.76. The highest BCUT2D eigenvalue weighted by atomic mass is 19.1. The predicted molar refractivity (Wildman–Crippen MR) is 154 cm³/mol. The second-order valence-electron chi connectivity index (χ2n) is 9.35. The van der Waals surface area contributed by atoms with Crippen LogP contribution in [0.5, 0.6) is 0 Å². The molecule has 0 N–H and O–H groups in total. The Hall–Kier alpha value is -5.27. The van der Waals surface area contributed by atoms with Crippen LogP contribution in [0, 0.1) is 17.1 Å². The molecule has 186 valence electrons. The molecule has 0 aliphatic carbocycles. The quantitative estimate of drug-likeness (QED) is 0.130. The fourth-order valence-corrected chi connectivity index (χ4v) is 5.31. The maximum atomic E-state index is 13.5. The van der Waals surface area contributed by atoms with E-state index in [1.165, 1.54) is 12.1 Å². The molecule has 6 rings (SSSR count). The summed E-state index contributed by atoms with van der Waals surface area (Å²) in [7, 11) is 0. The van der Waals surface area contributed by atoms with Crippen LogP contribution in [0.4, 0.5) is 4.39 Å². The summed E-state index contributed by atoms with van der Waals surface area (Å²) in [6.07, 6.45) is 3.73. The molecule has 0 saturated carbocycles. The summed E-state index contributed by atoms with van der Waals surface area (Å²) in [5.41, 5.74) is 6.37. The van der Waals surface area contributed by atoms with E-state index in [1.807, 2.05) is 42.7 Å². The van der Waals surface area contributed by atoms with Crippen molar-refractivity contribution in [3.05, 3.63) is 173 Å². The molecule has 3 nitrogen and oxygen atoms in total. The summed E-state index contributed by atoms with van der Waals surface area (Å²) in [5.74, 6) is -0.333. The molecular formula is C35H24FN3. The van der Waals surface area contributed by atoms with Crippen molar-refractivity contribution in [3.63, 3.8) is 0 Å². The van der Waals surface area contributed by atoms with Crippen LogP contribution in [-0.4, -0.2) is 9.55 Å². The molecule has 5 aromatic carbocycles. The lowest BCUT2D eigenvalue weighted by Gasteiger charge is -2.38. The highest BCUT2D eigenvalue weighted by molar-refractivity contribution is 5.91. The van der Waals surface area contributed by atoms with Crippen molar-refractivity contribution in [1.82, 2.24) is 9.55 Å². The molecule has 0 saturated heterocycles. The number of benzene rings is 5. The highest BCUT2D eigenvalue weighted by Crippen LogP contribution is 2.42. The molecule has 1 heterocycles. The fraction of sp³-hybridized carbons (Fsp3) is 0.0286. The Morgan fingerprint density at radius 2 is 1.26 bits per heavy atom. The minimum absolute atomic E-state index is 0.333. The van der Waals surface area contributed by atoms with E-state index in [2.05, 4.69) is 89.5 Å². The first-order chi connectivity index (χ1) is 19.2. The summed E-state index contributed by atoms with van der Waals surface area (Å²) in [6, 6.07) is 45.6. The molecule has 0 spiro atoms. The van der Waals surface area contributed by atoms with Crippen LogP contribution in [0.3, 0.4) is 0 Å². The van der Waals surface area contributed by atoms with Crippen molar-refractivity contribution in [2.75, 3.05) is 0 Å². The van der Waals surface area contributed by atoms with Gasteiger partial charge >= 0.3 is 0 Å². The normalized spacial score (nSPS) is 11.8. The van der Waals surface area contributed by atoms with E-state index < -0.39 is 5.54 Å². The standard InChI is InChI=1S/C35H24FN3/c36-32-19-17-27(18-20-32)28(24-37)22-26-16-21-33-34(23-26)39(25-38-33)35(29-10-4-1-5-11-29,30-12-6-2-7-13-30)31-14-8-3-9-15-31/h1-23,25H. The fourth-order valence-electron chi connectivity index (χ4n) is 5.31. The Morgan fingerprint density at radius 3 is 1.77 bits per heavy atom.